The first-order valence-electron chi connectivity index (χ1n) is 26.2. The minimum atomic E-state index is -1.80. The van der Waals surface area contributed by atoms with Crippen LogP contribution in [0.4, 0.5) is 0 Å². The van der Waals surface area contributed by atoms with Gasteiger partial charge in [0, 0.05) is 5.56 Å². The summed E-state index contributed by atoms with van der Waals surface area (Å²) in [6.07, 6.45) is -18.4. The van der Waals surface area contributed by atoms with Crippen LogP contribution in [0.2, 0.25) is 0 Å². The van der Waals surface area contributed by atoms with E-state index in [1.807, 2.05) is 0 Å². The lowest BCUT2D eigenvalue weighted by Crippen LogP contribution is -2.71. The molecule has 5 heterocycles. The first-order valence-corrected chi connectivity index (χ1v) is 26.2. The highest BCUT2D eigenvalue weighted by molar-refractivity contribution is 5.94. The van der Waals surface area contributed by atoms with E-state index in [4.69, 9.17) is 70.3 Å². The fourth-order valence-electron chi connectivity index (χ4n) is 9.86. The molecule has 0 aromatic heterocycles. The van der Waals surface area contributed by atoms with Crippen LogP contribution in [-0.4, -0.2) is 255 Å². The number of aliphatic hydroxyl groups excluding tert-OH is 11. The average Bonchev–Trinajstić information content (AvgIpc) is 3.42. The predicted molar refractivity (Wildman–Crippen MR) is 262 cm³/mol. The van der Waals surface area contributed by atoms with E-state index < -0.39 is 192 Å². The Morgan fingerprint density at radius 1 is 0.553 bits per heavy atom. The van der Waals surface area contributed by atoms with Crippen molar-refractivity contribution in [3.8, 4) is 5.75 Å². The highest BCUT2D eigenvalue weighted by Crippen LogP contribution is 2.35. The van der Waals surface area contributed by atoms with Gasteiger partial charge in [-0.3, -0.25) is 4.79 Å². The Morgan fingerprint density at radius 2 is 0.987 bits per heavy atom. The number of carbonyl (C=O) groups excluding carboxylic acids is 1. The first kappa shape index (κ1) is 62.5. The van der Waals surface area contributed by atoms with Crippen molar-refractivity contribution in [3.63, 3.8) is 0 Å². The van der Waals surface area contributed by atoms with Crippen molar-refractivity contribution < 1.29 is 108 Å². The molecule has 1 aromatic carbocycles. The van der Waals surface area contributed by atoms with Crippen LogP contribution in [-0.2, 0) is 42.6 Å². The van der Waals surface area contributed by atoms with Gasteiger partial charge in [0.1, 0.15) is 103 Å². The fourth-order valence-corrected chi connectivity index (χ4v) is 9.86. The summed E-state index contributed by atoms with van der Waals surface area (Å²) in [5, 5.41) is 121. The lowest BCUT2D eigenvalue weighted by molar-refractivity contribution is -0.363. The van der Waals surface area contributed by atoms with Crippen molar-refractivity contribution in [2.45, 2.75) is 212 Å². The summed E-state index contributed by atoms with van der Waals surface area (Å²) < 4.78 is 59.1. The fraction of sp³-hybridized carbons (Fsp3) is 0.816. The molecule has 6 rings (SSSR count). The molecule has 5 aliphatic rings. The molecule has 0 spiro atoms. The van der Waals surface area contributed by atoms with Crippen molar-refractivity contribution in [2.75, 3.05) is 39.6 Å². The SMILES string of the molecule is CCCCCC/C=C\CCCOc1cccc(C(=O)NC2C(OC3C(O)C(N)[C@H](OC4C(CO)OC(OC5C(O)C(N)[C@H](OC6C(CO)OC(C)C(N)C6O)O[C@H]5CO)C(N)C4O)O[C@H]3CO)OC(CO)C(O)C2O)c1. The number of unbranched alkanes of at least 4 members (excludes halogenated alkanes) is 5. The van der Waals surface area contributed by atoms with Gasteiger partial charge in [0.2, 0.25) is 0 Å². The average molecular weight is 1090 g/mol. The van der Waals surface area contributed by atoms with Crippen LogP contribution in [0, 0.1) is 0 Å². The molecule has 1 aromatic rings. The van der Waals surface area contributed by atoms with Crippen LogP contribution in [0.15, 0.2) is 36.4 Å². The van der Waals surface area contributed by atoms with Gasteiger partial charge in [-0.2, -0.15) is 0 Å². The van der Waals surface area contributed by atoms with Crippen LogP contribution in [0.25, 0.3) is 0 Å². The van der Waals surface area contributed by atoms with Gasteiger partial charge in [-0.1, -0.05) is 44.4 Å². The van der Waals surface area contributed by atoms with E-state index in [0.29, 0.717) is 12.4 Å². The number of hydrogen-bond acceptors (Lipinski definition) is 26. The van der Waals surface area contributed by atoms with E-state index in [1.165, 1.54) is 31.4 Å². The third-order valence-corrected chi connectivity index (χ3v) is 14.5. The van der Waals surface area contributed by atoms with Gasteiger partial charge in [-0.05, 0) is 50.8 Å². The molecule has 1 amide bonds. The third-order valence-electron chi connectivity index (χ3n) is 14.5. The molecular formula is C49H83N5O22. The second kappa shape index (κ2) is 29.6. The summed E-state index contributed by atoms with van der Waals surface area (Å²) in [5.41, 5.74) is 25.3. The van der Waals surface area contributed by atoms with Gasteiger partial charge >= 0.3 is 0 Å². The standard InChI is InChI=1S/C49H83N5O22/c1-3-4-5-6-7-8-9-10-11-15-67-24-14-12-13-23(16-24)45(66)54-34-40(65)35(60)25(17-55)69-49(34)76-44-29(21-59)72-48(33(53)39(44)64)75-43-28(20-58)71-47(32(52)38(43)63)74-42-27(19-57)70-46(31(51)37(42)62)73-41-26(18-56)68-22(2)30(50)36(41)61/h8-9,12-14,16,22,25-44,46-49,55-65H,3-7,10-11,15,17-21,50-53H2,1-2H3,(H,54,66)/b9-8-/t22?,25?,26?,27-,28?,29-,30?,31?,32?,33?,34?,35?,36?,37?,38?,39?,40?,41?,42?,43?,44?,46-,47?,48-,49?/m0/s1. The van der Waals surface area contributed by atoms with Gasteiger partial charge in [0.25, 0.3) is 5.91 Å². The van der Waals surface area contributed by atoms with Gasteiger partial charge in [0.05, 0.1) is 69.9 Å². The Balaban J connectivity index is 1.07. The number of hydrogen-bond donors (Lipinski definition) is 16. The molecule has 0 saturated carbocycles. The van der Waals surface area contributed by atoms with Crippen LogP contribution in [0.5, 0.6) is 5.75 Å². The monoisotopic (exact) mass is 1090 g/mol. The summed E-state index contributed by atoms with van der Waals surface area (Å²) in [6.45, 7) is 0.287. The number of nitrogens with one attached hydrogen (secondary N) is 1. The zero-order valence-corrected chi connectivity index (χ0v) is 42.8. The molecule has 76 heavy (non-hydrogen) atoms. The summed E-state index contributed by atoms with van der Waals surface area (Å²) in [5.74, 6) is -0.333. The first-order chi connectivity index (χ1) is 36.4. The Labute approximate surface area is 440 Å². The molecule has 20 N–H and O–H groups in total. The van der Waals surface area contributed by atoms with E-state index in [-0.39, 0.29) is 5.56 Å². The lowest BCUT2D eigenvalue weighted by atomic mass is 9.93. The molecule has 0 aliphatic carbocycles. The number of allylic oxidation sites excluding steroid dienone is 2. The Bertz CT molecular complexity index is 1910. The van der Waals surface area contributed by atoms with Crippen LogP contribution < -0.4 is 33.0 Å². The Kier molecular flexibility index (Phi) is 24.4. The molecule has 27 heteroatoms. The summed E-state index contributed by atoms with van der Waals surface area (Å²) in [6, 6.07) is -0.719. The topological polar surface area (TPSA) is 448 Å². The Hall–Kier alpha value is -2.73. The molecule has 27 nitrogen and oxygen atoms in total. The number of aliphatic hydroxyl groups is 11. The van der Waals surface area contributed by atoms with Crippen molar-refractivity contribution in [1.82, 2.24) is 5.32 Å². The number of amides is 1. The van der Waals surface area contributed by atoms with Gasteiger partial charge < -0.3 is 132 Å². The molecule has 436 valence electrons. The van der Waals surface area contributed by atoms with Crippen LogP contribution in [0.3, 0.4) is 0 Å². The number of rotatable bonds is 25. The quantitative estimate of drug-likeness (QED) is 0.0320. The molecule has 0 radical (unpaired) electrons. The smallest absolute Gasteiger partial charge is 0.251 e. The molecule has 25 atom stereocenters. The maximum Gasteiger partial charge on any atom is 0.251 e. The maximum absolute atomic E-state index is 13.7. The molecule has 5 saturated heterocycles. The zero-order chi connectivity index (χ0) is 55.4. The van der Waals surface area contributed by atoms with E-state index in [1.54, 1.807) is 19.1 Å². The summed E-state index contributed by atoms with van der Waals surface area (Å²) >= 11 is 0. The number of carbonyl (C=O) groups is 1. The highest BCUT2D eigenvalue weighted by Gasteiger charge is 2.55. The predicted octanol–water partition coefficient (Wildman–Crippen LogP) is -5.87. The van der Waals surface area contributed by atoms with Crippen LogP contribution in [0.1, 0.15) is 69.2 Å². The minimum Gasteiger partial charge on any atom is -0.494 e. The number of benzene rings is 1. The van der Waals surface area contributed by atoms with Crippen molar-refractivity contribution in [1.29, 1.82) is 0 Å². The van der Waals surface area contributed by atoms with E-state index in [0.717, 1.165) is 25.7 Å². The summed E-state index contributed by atoms with van der Waals surface area (Å²) in [4.78, 5) is 13.7. The molecule has 5 fully saturated rings. The second-order valence-electron chi connectivity index (χ2n) is 20.0. The normalized spacial score (nSPS) is 42.2. The van der Waals surface area contributed by atoms with Crippen molar-refractivity contribution in [2.24, 2.45) is 22.9 Å². The van der Waals surface area contributed by atoms with Gasteiger partial charge in [0.15, 0.2) is 25.2 Å². The maximum atomic E-state index is 13.7. The summed E-state index contributed by atoms with van der Waals surface area (Å²) in [7, 11) is 0. The van der Waals surface area contributed by atoms with Crippen molar-refractivity contribution in [3.05, 3.63) is 42.0 Å². The zero-order valence-electron chi connectivity index (χ0n) is 42.8. The second-order valence-corrected chi connectivity index (χ2v) is 20.0. The van der Waals surface area contributed by atoms with Crippen LogP contribution >= 0.6 is 0 Å². The number of nitrogens with two attached hydrogens (primary N) is 4. The van der Waals surface area contributed by atoms with Gasteiger partial charge in [-0.15, -0.1) is 0 Å². The molecular weight excluding hydrogens is 1010 g/mol. The highest BCUT2D eigenvalue weighted by atomic mass is 16.8. The molecule has 21 unspecified atom stereocenters. The molecule has 5 aliphatic heterocycles. The van der Waals surface area contributed by atoms with Gasteiger partial charge in [-0.25, -0.2) is 0 Å². The minimum absolute atomic E-state index is 0.114. The van der Waals surface area contributed by atoms with E-state index in [2.05, 4.69) is 24.4 Å². The Morgan fingerprint density at radius 3 is 1.46 bits per heavy atom. The lowest BCUT2D eigenvalue weighted by Gasteiger charge is -2.50. The third kappa shape index (κ3) is 15.0. The number of ether oxygens (including phenoxy) is 10. The van der Waals surface area contributed by atoms with E-state index >= 15 is 0 Å². The molecule has 0 bridgehead atoms. The van der Waals surface area contributed by atoms with Crippen molar-refractivity contribution >= 4 is 5.91 Å². The van der Waals surface area contributed by atoms with E-state index in [9.17, 15) is 61.0 Å². The largest absolute Gasteiger partial charge is 0.494 e.